The van der Waals surface area contributed by atoms with E-state index in [1.165, 1.54) is 23.0 Å². The van der Waals surface area contributed by atoms with Gasteiger partial charge in [0, 0.05) is 37.5 Å². The predicted molar refractivity (Wildman–Crippen MR) is 94.1 cm³/mol. The first-order valence-corrected chi connectivity index (χ1v) is 9.04. The molecule has 0 spiro atoms. The Bertz CT molecular complexity index is 864. The second kappa shape index (κ2) is 6.02. The van der Waals surface area contributed by atoms with Crippen LogP contribution in [0.3, 0.4) is 0 Å². The van der Waals surface area contributed by atoms with Crippen LogP contribution < -0.4 is 4.90 Å². The van der Waals surface area contributed by atoms with Gasteiger partial charge in [-0.1, -0.05) is 0 Å². The molecule has 1 fully saturated rings. The first kappa shape index (κ1) is 15.7. The summed E-state index contributed by atoms with van der Waals surface area (Å²) in [6.07, 6.45) is 5.77. The average molecular weight is 351 g/mol. The highest BCUT2D eigenvalue weighted by Gasteiger charge is 2.34. The molecule has 3 aliphatic rings. The summed E-state index contributed by atoms with van der Waals surface area (Å²) >= 11 is 0. The minimum Gasteiger partial charge on any atom is -0.370 e. The van der Waals surface area contributed by atoms with Gasteiger partial charge in [0.2, 0.25) is 5.91 Å². The van der Waals surface area contributed by atoms with E-state index in [9.17, 15) is 4.79 Å². The van der Waals surface area contributed by atoms with Gasteiger partial charge in [0.1, 0.15) is 6.33 Å². The summed E-state index contributed by atoms with van der Waals surface area (Å²) in [6.45, 7) is 6.48. The van der Waals surface area contributed by atoms with Crippen LogP contribution in [0.1, 0.15) is 34.5 Å². The molecule has 0 aliphatic carbocycles. The molecule has 0 radical (unpaired) electrons. The third kappa shape index (κ3) is 2.54. The van der Waals surface area contributed by atoms with Gasteiger partial charge in [-0.15, -0.1) is 0 Å². The Balaban J connectivity index is 1.21. The smallest absolute Gasteiger partial charge is 0.223 e. The summed E-state index contributed by atoms with van der Waals surface area (Å²) in [5, 5.41) is 0. The molecule has 5 heterocycles. The maximum absolute atomic E-state index is 12.8. The van der Waals surface area contributed by atoms with Crippen molar-refractivity contribution in [3.05, 3.63) is 46.8 Å². The molecule has 2 aromatic rings. The zero-order valence-corrected chi connectivity index (χ0v) is 14.8. The number of hydrogen-bond acceptors (Lipinski definition) is 6. The normalized spacial score (nSPS) is 18.7. The molecule has 1 saturated heterocycles. The molecule has 0 saturated carbocycles. The first-order valence-electron chi connectivity index (χ1n) is 9.04. The van der Waals surface area contributed by atoms with Crippen molar-refractivity contribution in [1.29, 1.82) is 0 Å². The van der Waals surface area contributed by atoms with E-state index >= 15 is 0 Å². The molecule has 0 N–H and O–H groups in total. The van der Waals surface area contributed by atoms with E-state index < -0.39 is 0 Å². The van der Waals surface area contributed by atoms with Gasteiger partial charge in [0.05, 0.1) is 49.2 Å². The highest BCUT2D eigenvalue weighted by Crippen LogP contribution is 2.33. The van der Waals surface area contributed by atoms with Crippen molar-refractivity contribution in [1.82, 2.24) is 19.9 Å². The lowest BCUT2D eigenvalue weighted by Crippen LogP contribution is -2.48. The summed E-state index contributed by atoms with van der Waals surface area (Å²) in [4.78, 5) is 29.8. The molecule has 0 atom stereocenters. The maximum Gasteiger partial charge on any atom is 0.223 e. The summed E-state index contributed by atoms with van der Waals surface area (Å²) in [5.41, 5.74) is 6.84. The van der Waals surface area contributed by atoms with Crippen LogP contribution in [-0.4, -0.2) is 38.8 Å². The lowest BCUT2D eigenvalue weighted by Gasteiger charge is -2.40. The van der Waals surface area contributed by atoms with E-state index in [0.717, 1.165) is 30.2 Å². The SMILES string of the molecule is Cc1c2c(nc3c1CN(C(=O)CC1CN(c4cncnc4)C1)C3)COC2. The Morgan fingerprint density at radius 1 is 1.15 bits per heavy atom. The third-order valence-electron chi connectivity index (χ3n) is 5.73. The number of aromatic nitrogens is 3. The largest absolute Gasteiger partial charge is 0.370 e. The molecule has 7 nitrogen and oxygen atoms in total. The van der Waals surface area contributed by atoms with Gasteiger partial charge in [-0.3, -0.25) is 9.78 Å². The zero-order chi connectivity index (χ0) is 17.7. The average Bonchev–Trinajstić information content (AvgIpc) is 3.25. The second-order valence-corrected chi connectivity index (χ2v) is 7.40. The van der Waals surface area contributed by atoms with Gasteiger partial charge in [0.15, 0.2) is 0 Å². The van der Waals surface area contributed by atoms with Crippen molar-refractivity contribution in [3.63, 3.8) is 0 Å². The molecule has 0 bridgehead atoms. The summed E-state index contributed by atoms with van der Waals surface area (Å²) in [5.74, 6) is 0.631. The molecule has 0 aromatic carbocycles. The van der Waals surface area contributed by atoms with Gasteiger partial charge < -0.3 is 14.5 Å². The molecule has 2 aromatic heterocycles. The fourth-order valence-corrected chi connectivity index (χ4v) is 4.16. The number of carbonyl (C=O) groups is 1. The second-order valence-electron chi connectivity index (χ2n) is 7.40. The van der Waals surface area contributed by atoms with Gasteiger partial charge in [0.25, 0.3) is 0 Å². The number of ether oxygens (including phenoxy) is 1. The van der Waals surface area contributed by atoms with Crippen LogP contribution in [0.4, 0.5) is 5.69 Å². The van der Waals surface area contributed by atoms with Gasteiger partial charge in [-0.25, -0.2) is 9.97 Å². The molecule has 7 heteroatoms. The van der Waals surface area contributed by atoms with Crippen LogP contribution in [0.15, 0.2) is 18.7 Å². The number of fused-ring (bicyclic) bond motifs is 2. The highest BCUT2D eigenvalue weighted by molar-refractivity contribution is 5.77. The van der Waals surface area contributed by atoms with E-state index in [4.69, 9.17) is 9.72 Å². The van der Waals surface area contributed by atoms with Crippen molar-refractivity contribution in [2.45, 2.75) is 39.6 Å². The van der Waals surface area contributed by atoms with Crippen LogP contribution in [0, 0.1) is 12.8 Å². The zero-order valence-electron chi connectivity index (χ0n) is 14.8. The van der Waals surface area contributed by atoms with Gasteiger partial charge in [-0.2, -0.15) is 0 Å². The van der Waals surface area contributed by atoms with Crippen LogP contribution in [-0.2, 0) is 35.8 Å². The number of carbonyl (C=O) groups excluding carboxylic acids is 1. The molecule has 1 amide bonds. The maximum atomic E-state index is 12.8. The van der Waals surface area contributed by atoms with Crippen molar-refractivity contribution < 1.29 is 9.53 Å². The molecular weight excluding hydrogens is 330 g/mol. The summed E-state index contributed by atoms with van der Waals surface area (Å²) < 4.78 is 5.51. The van der Waals surface area contributed by atoms with E-state index in [1.54, 1.807) is 0 Å². The Kier molecular flexibility index (Phi) is 3.63. The van der Waals surface area contributed by atoms with E-state index in [2.05, 4.69) is 21.8 Å². The molecular formula is C19H21N5O2. The van der Waals surface area contributed by atoms with Crippen molar-refractivity contribution in [2.24, 2.45) is 5.92 Å². The third-order valence-corrected chi connectivity index (χ3v) is 5.73. The fourth-order valence-electron chi connectivity index (χ4n) is 4.16. The number of rotatable bonds is 3. The topological polar surface area (TPSA) is 71.5 Å². The van der Waals surface area contributed by atoms with Crippen LogP contribution >= 0.6 is 0 Å². The predicted octanol–water partition coefficient (Wildman–Crippen LogP) is 1.58. The highest BCUT2D eigenvalue weighted by atomic mass is 16.5. The number of amides is 1. The van der Waals surface area contributed by atoms with E-state index in [1.807, 2.05) is 17.3 Å². The molecule has 0 unspecified atom stereocenters. The van der Waals surface area contributed by atoms with E-state index in [-0.39, 0.29) is 5.91 Å². The standard InChI is InChI=1S/C19H21N5O2/c1-12-15-7-24(8-17(15)22-18-10-26-9-16(12)18)19(25)2-13-5-23(6-13)14-3-20-11-21-4-14/h3-4,11,13H,2,5-10H2,1H3. The summed E-state index contributed by atoms with van der Waals surface area (Å²) in [7, 11) is 0. The monoisotopic (exact) mass is 351 g/mol. The minimum absolute atomic E-state index is 0.229. The van der Waals surface area contributed by atoms with Crippen molar-refractivity contribution in [2.75, 3.05) is 18.0 Å². The lowest BCUT2D eigenvalue weighted by atomic mass is 9.95. The first-order chi connectivity index (χ1) is 12.7. The number of anilines is 1. The Morgan fingerprint density at radius 2 is 1.96 bits per heavy atom. The number of pyridine rings is 1. The Morgan fingerprint density at radius 3 is 2.77 bits per heavy atom. The molecule has 5 rings (SSSR count). The quantitative estimate of drug-likeness (QED) is 0.836. The van der Waals surface area contributed by atoms with E-state index in [0.29, 0.717) is 38.6 Å². The number of hydrogen-bond donors (Lipinski definition) is 0. The van der Waals surface area contributed by atoms with Crippen LogP contribution in [0.25, 0.3) is 0 Å². The minimum atomic E-state index is 0.229. The fraction of sp³-hybridized carbons (Fsp3) is 0.474. The van der Waals surface area contributed by atoms with Crippen LogP contribution in [0.5, 0.6) is 0 Å². The molecule has 26 heavy (non-hydrogen) atoms. The van der Waals surface area contributed by atoms with Crippen molar-refractivity contribution in [3.8, 4) is 0 Å². The molecule has 3 aliphatic heterocycles. The van der Waals surface area contributed by atoms with Crippen molar-refractivity contribution >= 4 is 11.6 Å². The van der Waals surface area contributed by atoms with Gasteiger partial charge >= 0.3 is 0 Å². The lowest BCUT2D eigenvalue weighted by molar-refractivity contribution is -0.133. The van der Waals surface area contributed by atoms with Crippen LogP contribution in [0.2, 0.25) is 0 Å². The molecule has 134 valence electrons. The number of nitrogens with zero attached hydrogens (tertiary/aromatic N) is 5. The summed E-state index contributed by atoms with van der Waals surface area (Å²) in [6, 6.07) is 0. The van der Waals surface area contributed by atoms with Gasteiger partial charge in [-0.05, 0) is 18.1 Å². The Hall–Kier alpha value is -2.54. The Labute approximate surface area is 152 Å².